The van der Waals surface area contributed by atoms with E-state index in [1.54, 1.807) is 12.3 Å². The van der Waals surface area contributed by atoms with E-state index in [0.717, 1.165) is 64.2 Å². The van der Waals surface area contributed by atoms with Crippen LogP contribution in [0.25, 0.3) is 0 Å². The van der Waals surface area contributed by atoms with Gasteiger partial charge in [0, 0.05) is 25.3 Å². The summed E-state index contributed by atoms with van der Waals surface area (Å²) in [6.07, 6.45) is 32.2. The van der Waals surface area contributed by atoms with Gasteiger partial charge in [-0.3, -0.25) is 13.8 Å². The van der Waals surface area contributed by atoms with Crippen molar-refractivity contribution in [3.8, 4) is 0 Å². The van der Waals surface area contributed by atoms with Crippen molar-refractivity contribution in [1.82, 2.24) is 0 Å². The van der Waals surface area contributed by atoms with Gasteiger partial charge in [-0.2, -0.15) is 0 Å². The number of nitrogens with two attached hydrogens (primary N) is 1. The number of rotatable bonds is 38. The molecule has 0 spiro atoms. The summed E-state index contributed by atoms with van der Waals surface area (Å²) in [6, 6.07) is 0. The second-order valence-electron chi connectivity index (χ2n) is 15.6. The second-order valence-corrected chi connectivity index (χ2v) is 17.1. The summed E-state index contributed by atoms with van der Waals surface area (Å²) < 4.78 is 33.2. The van der Waals surface area contributed by atoms with E-state index in [2.05, 4.69) is 13.8 Å². The highest BCUT2D eigenvalue weighted by Gasteiger charge is 2.39. The average Bonchev–Trinajstić information content (AvgIpc) is 3.43. The number of unbranched alkanes of at least 4 members (excludes halogenated alkanes) is 19. The molecule has 324 valence electrons. The fraction of sp³-hybridized carbons (Fsp3) is 0.884. The number of hydrogen-bond acceptors (Lipinski definition) is 10. The minimum Gasteiger partial charge on any atom is -0.492 e. The van der Waals surface area contributed by atoms with Crippen molar-refractivity contribution < 1.29 is 48.1 Å². The first-order valence-corrected chi connectivity index (χ1v) is 23.6. The molecule has 0 heterocycles. The van der Waals surface area contributed by atoms with Crippen LogP contribution in [0.2, 0.25) is 0 Å². The third-order valence-electron chi connectivity index (χ3n) is 10.6. The number of phosphoric acid groups is 1. The van der Waals surface area contributed by atoms with Crippen LogP contribution in [0, 0.1) is 11.8 Å². The standard InChI is InChI=1S/C43H82NO10P/c1-3-5-7-8-9-10-11-12-13-14-15-16-17-18-21-25-32-51-38(36-54-55(49,50)53-33-31-44)35-52-43(48)28-24-20-19-23-27-39-40(42(47)34-41(39)46)30-29-37(45)26-22-6-4-2/h25,29-30,32,37-42,45-47H,3-24,26-28,31,33-36,44H2,1-2H3,(H,49,50)/b30-29+,32-25+/t37-,38+,39+,40+,41-,42+/m0/s1. The molecule has 0 radical (unpaired) electrons. The first kappa shape index (κ1) is 51.7. The number of allylic oxidation sites excluding steroid dienone is 1. The SMILES string of the molecule is CCCCCCCCCCCCCCCC/C=C/O[C@H](COC(=O)CCCCCC[C@@H]1[C@@H](/C=C/[C@@H](O)CCCCC)[C@H](O)C[C@@H]1O)COP(=O)(O)OCCN. The number of aliphatic hydroxyl groups is 3. The molecule has 0 aromatic heterocycles. The average molecular weight is 804 g/mol. The molecule has 0 saturated heterocycles. The predicted molar refractivity (Wildman–Crippen MR) is 221 cm³/mol. The molecule has 11 nitrogen and oxygen atoms in total. The van der Waals surface area contributed by atoms with Crippen molar-refractivity contribution in [1.29, 1.82) is 0 Å². The zero-order valence-electron chi connectivity index (χ0n) is 34.7. The molecule has 12 heteroatoms. The van der Waals surface area contributed by atoms with E-state index in [1.165, 1.54) is 77.0 Å². The van der Waals surface area contributed by atoms with Crippen molar-refractivity contribution in [2.24, 2.45) is 17.6 Å². The van der Waals surface area contributed by atoms with E-state index in [-0.39, 0.29) is 50.6 Å². The highest BCUT2D eigenvalue weighted by atomic mass is 31.2. The summed E-state index contributed by atoms with van der Waals surface area (Å²) in [5.41, 5.74) is 5.36. The van der Waals surface area contributed by atoms with Gasteiger partial charge in [-0.1, -0.05) is 148 Å². The van der Waals surface area contributed by atoms with Crippen LogP contribution in [-0.4, -0.2) is 77.0 Å². The van der Waals surface area contributed by atoms with E-state index in [4.69, 9.17) is 24.3 Å². The third-order valence-corrected chi connectivity index (χ3v) is 11.5. The fourth-order valence-electron chi connectivity index (χ4n) is 7.20. The van der Waals surface area contributed by atoms with Crippen LogP contribution in [0.15, 0.2) is 24.5 Å². The molecule has 55 heavy (non-hydrogen) atoms. The van der Waals surface area contributed by atoms with Gasteiger partial charge in [-0.15, -0.1) is 0 Å². The largest absolute Gasteiger partial charge is 0.492 e. The smallest absolute Gasteiger partial charge is 0.472 e. The van der Waals surface area contributed by atoms with E-state index < -0.39 is 32.2 Å². The quantitative estimate of drug-likeness (QED) is 0.0132. The van der Waals surface area contributed by atoms with Crippen molar-refractivity contribution >= 4 is 13.8 Å². The van der Waals surface area contributed by atoms with Crippen LogP contribution in [0.4, 0.5) is 0 Å². The zero-order valence-corrected chi connectivity index (χ0v) is 35.6. The molecule has 0 aromatic carbocycles. The van der Waals surface area contributed by atoms with Crippen LogP contribution < -0.4 is 5.73 Å². The maximum absolute atomic E-state index is 12.5. The summed E-state index contributed by atoms with van der Waals surface area (Å²) in [7, 11) is -4.32. The van der Waals surface area contributed by atoms with E-state index in [9.17, 15) is 29.6 Å². The number of aliphatic hydroxyl groups excluding tert-OH is 3. The summed E-state index contributed by atoms with van der Waals surface area (Å²) in [5, 5.41) is 31.3. The number of hydrogen-bond donors (Lipinski definition) is 5. The monoisotopic (exact) mass is 804 g/mol. The zero-order chi connectivity index (χ0) is 40.4. The van der Waals surface area contributed by atoms with Gasteiger partial charge in [0.1, 0.15) is 6.61 Å². The molecule has 1 saturated carbocycles. The maximum atomic E-state index is 12.5. The number of esters is 1. The molecule has 0 bridgehead atoms. The van der Waals surface area contributed by atoms with Crippen molar-refractivity contribution in [3.63, 3.8) is 0 Å². The van der Waals surface area contributed by atoms with Gasteiger partial charge >= 0.3 is 13.8 Å². The van der Waals surface area contributed by atoms with E-state index in [0.29, 0.717) is 19.3 Å². The Kier molecular flexibility index (Phi) is 32.6. The molecule has 0 amide bonds. The van der Waals surface area contributed by atoms with Gasteiger partial charge in [-0.25, -0.2) is 4.57 Å². The molecule has 0 aliphatic heterocycles. The van der Waals surface area contributed by atoms with Crippen LogP contribution in [-0.2, 0) is 27.9 Å². The molecule has 1 rings (SSSR count). The van der Waals surface area contributed by atoms with Gasteiger partial charge in [0.25, 0.3) is 0 Å². The van der Waals surface area contributed by atoms with Gasteiger partial charge in [-0.05, 0) is 44.1 Å². The lowest BCUT2D eigenvalue weighted by Crippen LogP contribution is -2.25. The molecular weight excluding hydrogens is 721 g/mol. The van der Waals surface area contributed by atoms with Gasteiger partial charge in [0.15, 0.2) is 6.10 Å². The Labute approximate surface area is 334 Å². The lowest BCUT2D eigenvalue weighted by atomic mass is 9.88. The van der Waals surface area contributed by atoms with E-state index in [1.807, 2.05) is 12.2 Å². The number of carbonyl (C=O) groups excluding carboxylic acids is 1. The Morgan fingerprint density at radius 1 is 0.782 bits per heavy atom. The first-order valence-electron chi connectivity index (χ1n) is 22.1. The van der Waals surface area contributed by atoms with Gasteiger partial charge in [0.2, 0.25) is 0 Å². The molecule has 7 atom stereocenters. The minimum atomic E-state index is -4.32. The Bertz CT molecular complexity index is 1010. The minimum absolute atomic E-state index is 0.0543. The molecule has 1 unspecified atom stereocenters. The molecule has 0 aromatic rings. The number of phosphoric ester groups is 1. The Morgan fingerprint density at radius 3 is 2.00 bits per heavy atom. The fourth-order valence-corrected chi connectivity index (χ4v) is 7.96. The lowest BCUT2D eigenvalue weighted by Gasteiger charge is -2.21. The predicted octanol–water partition coefficient (Wildman–Crippen LogP) is 9.59. The number of carbonyl (C=O) groups is 1. The summed E-state index contributed by atoms with van der Waals surface area (Å²) in [5.74, 6) is -0.610. The van der Waals surface area contributed by atoms with Crippen LogP contribution >= 0.6 is 7.82 Å². The third kappa shape index (κ3) is 28.7. The topological polar surface area (TPSA) is 178 Å². The van der Waals surface area contributed by atoms with Crippen molar-refractivity contribution in [2.75, 3.05) is 26.4 Å². The van der Waals surface area contributed by atoms with E-state index >= 15 is 0 Å². The first-order chi connectivity index (χ1) is 26.6. The molecule has 1 fully saturated rings. The summed E-state index contributed by atoms with van der Waals surface area (Å²) >= 11 is 0. The van der Waals surface area contributed by atoms with Crippen LogP contribution in [0.5, 0.6) is 0 Å². The molecule has 1 aliphatic rings. The van der Waals surface area contributed by atoms with Crippen molar-refractivity contribution in [2.45, 2.75) is 205 Å². The van der Waals surface area contributed by atoms with Crippen LogP contribution in [0.1, 0.15) is 181 Å². The summed E-state index contributed by atoms with van der Waals surface area (Å²) in [4.78, 5) is 22.4. The highest BCUT2D eigenvalue weighted by Crippen LogP contribution is 2.43. The normalized spacial score (nSPS) is 21.0. The number of ether oxygens (including phenoxy) is 2. The lowest BCUT2D eigenvalue weighted by molar-refractivity contribution is -0.147. The summed E-state index contributed by atoms with van der Waals surface area (Å²) in [6.45, 7) is 3.89. The van der Waals surface area contributed by atoms with Crippen LogP contribution in [0.3, 0.4) is 0 Å². The Morgan fingerprint density at radius 2 is 1.36 bits per heavy atom. The molecule has 6 N–H and O–H groups in total. The Hall–Kier alpha value is -1.30. The maximum Gasteiger partial charge on any atom is 0.472 e. The van der Waals surface area contributed by atoms with Gasteiger partial charge in [0.05, 0.1) is 37.8 Å². The molecular formula is C43H82NO10P. The van der Waals surface area contributed by atoms with Gasteiger partial charge < -0.3 is 35.4 Å². The second kappa shape index (κ2) is 34.7. The molecule has 1 aliphatic carbocycles. The van der Waals surface area contributed by atoms with Crippen molar-refractivity contribution in [3.05, 3.63) is 24.5 Å². The Balaban J connectivity index is 2.33. The highest BCUT2D eigenvalue weighted by molar-refractivity contribution is 7.47.